The second-order valence-corrected chi connectivity index (χ2v) is 7.43. The van der Waals surface area contributed by atoms with Gasteiger partial charge in [0.2, 0.25) is 11.2 Å². The molecule has 0 atom stereocenters. The molecule has 0 saturated carbocycles. The van der Waals surface area contributed by atoms with Gasteiger partial charge in [0.05, 0.1) is 18.1 Å². The molecule has 35 heavy (non-hydrogen) atoms. The van der Waals surface area contributed by atoms with Gasteiger partial charge in [-0.25, -0.2) is 4.79 Å². The molecule has 3 aromatic carbocycles. The highest BCUT2D eigenvalue weighted by Crippen LogP contribution is 2.40. The Morgan fingerprint density at radius 2 is 1.69 bits per heavy atom. The molecular formula is C26H19F3O6. The molecule has 0 bridgehead atoms. The van der Waals surface area contributed by atoms with Crippen molar-refractivity contribution in [3.63, 3.8) is 0 Å². The SMILES string of the molecule is COc1ccccc1-c1c(C(F)(F)F)oc2cc(OCC(=O)OCc3ccccc3)ccc2c1=O. The van der Waals surface area contributed by atoms with Gasteiger partial charge in [-0.3, -0.25) is 4.79 Å². The van der Waals surface area contributed by atoms with Crippen LogP contribution in [0.1, 0.15) is 11.3 Å². The average molecular weight is 484 g/mol. The summed E-state index contributed by atoms with van der Waals surface area (Å²) in [4.78, 5) is 25.1. The van der Waals surface area contributed by atoms with E-state index in [-0.39, 0.29) is 34.6 Å². The van der Waals surface area contributed by atoms with Crippen molar-refractivity contribution < 1.29 is 36.6 Å². The number of carbonyl (C=O) groups excluding carboxylic acids is 1. The largest absolute Gasteiger partial charge is 0.496 e. The van der Waals surface area contributed by atoms with Crippen molar-refractivity contribution >= 4 is 16.9 Å². The number of para-hydroxylation sites is 1. The first-order chi connectivity index (χ1) is 16.8. The number of halogens is 3. The highest BCUT2D eigenvalue weighted by Gasteiger charge is 2.40. The molecule has 0 fully saturated rings. The lowest BCUT2D eigenvalue weighted by atomic mass is 10.0. The maximum Gasteiger partial charge on any atom is 0.450 e. The number of fused-ring (bicyclic) bond motifs is 1. The van der Waals surface area contributed by atoms with Gasteiger partial charge < -0.3 is 18.6 Å². The topological polar surface area (TPSA) is 75.0 Å². The van der Waals surface area contributed by atoms with Crippen molar-refractivity contribution in [2.45, 2.75) is 12.8 Å². The number of esters is 1. The van der Waals surface area contributed by atoms with E-state index in [2.05, 4.69) is 0 Å². The fourth-order valence-electron chi connectivity index (χ4n) is 3.48. The van der Waals surface area contributed by atoms with E-state index in [0.717, 1.165) is 11.6 Å². The third kappa shape index (κ3) is 5.29. The molecule has 4 aromatic rings. The minimum Gasteiger partial charge on any atom is -0.496 e. The number of carbonyl (C=O) groups is 1. The lowest BCUT2D eigenvalue weighted by molar-refractivity contribution is -0.152. The summed E-state index contributed by atoms with van der Waals surface area (Å²) >= 11 is 0. The third-order valence-corrected chi connectivity index (χ3v) is 5.10. The minimum atomic E-state index is -4.96. The Bertz CT molecular complexity index is 1410. The van der Waals surface area contributed by atoms with E-state index in [4.69, 9.17) is 18.6 Å². The second kappa shape index (κ2) is 9.92. The first kappa shape index (κ1) is 23.9. The molecule has 0 spiro atoms. The monoisotopic (exact) mass is 484 g/mol. The predicted octanol–water partition coefficient (Wildman–Crippen LogP) is 5.61. The fourth-order valence-corrected chi connectivity index (χ4v) is 3.48. The molecule has 0 amide bonds. The number of methoxy groups -OCH3 is 1. The zero-order chi connectivity index (χ0) is 25.0. The molecule has 9 heteroatoms. The molecule has 180 valence electrons. The molecule has 0 aliphatic rings. The molecule has 1 aromatic heterocycles. The molecule has 0 aliphatic carbocycles. The van der Waals surface area contributed by atoms with Crippen molar-refractivity contribution in [2.75, 3.05) is 13.7 Å². The molecule has 6 nitrogen and oxygen atoms in total. The number of hydrogen-bond acceptors (Lipinski definition) is 6. The standard InChI is InChI=1S/C26H19F3O6/c1-32-20-10-6-5-9-18(20)23-24(31)19-12-11-17(13-21(19)35-25(23)26(27,28)29)33-15-22(30)34-14-16-7-3-2-4-8-16/h2-13H,14-15H2,1H3. The van der Waals surface area contributed by atoms with Crippen LogP contribution in [-0.2, 0) is 22.3 Å². The second-order valence-electron chi connectivity index (χ2n) is 7.43. The van der Waals surface area contributed by atoms with Crippen LogP contribution >= 0.6 is 0 Å². The van der Waals surface area contributed by atoms with Crippen LogP contribution in [0.2, 0.25) is 0 Å². The van der Waals surface area contributed by atoms with Crippen LogP contribution in [0.4, 0.5) is 13.2 Å². The van der Waals surface area contributed by atoms with E-state index in [1.807, 2.05) is 6.07 Å². The summed E-state index contributed by atoms with van der Waals surface area (Å²) in [6.07, 6.45) is -4.96. The van der Waals surface area contributed by atoms with Crippen LogP contribution < -0.4 is 14.9 Å². The van der Waals surface area contributed by atoms with Crippen LogP contribution in [0.25, 0.3) is 22.1 Å². The Labute approximate surface area is 197 Å². The van der Waals surface area contributed by atoms with Gasteiger partial charge >= 0.3 is 12.1 Å². The molecular weight excluding hydrogens is 465 g/mol. The lowest BCUT2D eigenvalue weighted by Gasteiger charge is -2.15. The van der Waals surface area contributed by atoms with Crippen molar-refractivity contribution in [1.82, 2.24) is 0 Å². The first-order valence-corrected chi connectivity index (χ1v) is 10.4. The fraction of sp³-hybridized carbons (Fsp3) is 0.154. The average Bonchev–Trinajstić information content (AvgIpc) is 2.86. The first-order valence-electron chi connectivity index (χ1n) is 10.4. The summed E-state index contributed by atoms with van der Waals surface area (Å²) in [5.41, 5.74) is -1.12. The van der Waals surface area contributed by atoms with Gasteiger partial charge in [0.25, 0.3) is 0 Å². The normalized spacial score (nSPS) is 11.3. The number of rotatable bonds is 7. The van der Waals surface area contributed by atoms with E-state index >= 15 is 0 Å². The highest BCUT2D eigenvalue weighted by molar-refractivity contribution is 5.85. The van der Waals surface area contributed by atoms with Crippen LogP contribution in [0.15, 0.2) is 82.0 Å². The summed E-state index contributed by atoms with van der Waals surface area (Å²) < 4.78 is 62.4. The van der Waals surface area contributed by atoms with Gasteiger partial charge in [0.15, 0.2) is 6.61 Å². The van der Waals surface area contributed by atoms with Crippen molar-refractivity contribution in [2.24, 2.45) is 0 Å². The zero-order valence-electron chi connectivity index (χ0n) is 18.4. The summed E-state index contributed by atoms with van der Waals surface area (Å²) in [7, 11) is 1.29. The molecule has 0 unspecified atom stereocenters. The van der Waals surface area contributed by atoms with E-state index < -0.39 is 35.5 Å². The van der Waals surface area contributed by atoms with Gasteiger partial charge in [-0.05, 0) is 23.8 Å². The van der Waals surface area contributed by atoms with Crippen LogP contribution in [0.5, 0.6) is 11.5 Å². The number of alkyl halides is 3. The quantitative estimate of drug-likeness (QED) is 0.318. The lowest BCUT2D eigenvalue weighted by Crippen LogP contribution is -2.17. The summed E-state index contributed by atoms with van der Waals surface area (Å²) in [5, 5.41) is -0.0853. The van der Waals surface area contributed by atoms with Crippen LogP contribution in [0, 0.1) is 0 Å². The predicted molar refractivity (Wildman–Crippen MR) is 121 cm³/mol. The maximum atomic E-state index is 13.9. The summed E-state index contributed by atoms with van der Waals surface area (Å²) in [5.74, 6) is -1.99. The molecule has 0 radical (unpaired) electrons. The maximum absolute atomic E-state index is 13.9. The summed E-state index contributed by atoms with van der Waals surface area (Å²) in [6, 6.07) is 18.7. The zero-order valence-corrected chi connectivity index (χ0v) is 18.4. The van der Waals surface area contributed by atoms with Gasteiger partial charge in [0.1, 0.15) is 23.7 Å². The molecule has 0 N–H and O–H groups in total. The van der Waals surface area contributed by atoms with E-state index in [1.54, 1.807) is 30.3 Å². The number of ether oxygens (including phenoxy) is 3. The molecule has 4 rings (SSSR count). The Morgan fingerprint density at radius 1 is 0.971 bits per heavy atom. The van der Waals surface area contributed by atoms with Gasteiger partial charge in [-0.1, -0.05) is 48.5 Å². The Kier molecular flexibility index (Phi) is 6.77. The van der Waals surface area contributed by atoms with E-state index in [1.165, 1.54) is 37.4 Å². The third-order valence-electron chi connectivity index (χ3n) is 5.10. The molecule has 0 saturated heterocycles. The van der Waals surface area contributed by atoms with Crippen molar-refractivity contribution in [3.05, 3.63) is 94.3 Å². The van der Waals surface area contributed by atoms with Crippen molar-refractivity contribution in [1.29, 1.82) is 0 Å². The smallest absolute Gasteiger partial charge is 0.450 e. The number of hydrogen-bond donors (Lipinski definition) is 0. The van der Waals surface area contributed by atoms with Crippen LogP contribution in [-0.4, -0.2) is 19.7 Å². The number of benzene rings is 3. The van der Waals surface area contributed by atoms with E-state index in [9.17, 15) is 22.8 Å². The van der Waals surface area contributed by atoms with Crippen LogP contribution in [0.3, 0.4) is 0 Å². The molecule has 1 heterocycles. The van der Waals surface area contributed by atoms with E-state index in [0.29, 0.717) is 0 Å². The summed E-state index contributed by atoms with van der Waals surface area (Å²) in [6.45, 7) is -0.426. The van der Waals surface area contributed by atoms with Gasteiger partial charge in [0, 0.05) is 11.6 Å². The Morgan fingerprint density at radius 3 is 2.40 bits per heavy atom. The van der Waals surface area contributed by atoms with Crippen molar-refractivity contribution in [3.8, 4) is 22.6 Å². The molecule has 0 aliphatic heterocycles. The van der Waals surface area contributed by atoms with Gasteiger partial charge in [-0.2, -0.15) is 13.2 Å². The Balaban J connectivity index is 1.63. The minimum absolute atomic E-state index is 0.0375. The highest BCUT2D eigenvalue weighted by atomic mass is 19.4. The van der Waals surface area contributed by atoms with Gasteiger partial charge in [-0.15, -0.1) is 0 Å². The Hall–Kier alpha value is -4.27.